The second-order valence-electron chi connectivity index (χ2n) is 8.36. The van der Waals surface area contributed by atoms with Crippen molar-refractivity contribution in [2.75, 3.05) is 20.3 Å². The van der Waals surface area contributed by atoms with Crippen LogP contribution in [0.25, 0.3) is 16.6 Å². The minimum absolute atomic E-state index is 0.0390. The molecule has 9 heteroatoms. The van der Waals surface area contributed by atoms with Gasteiger partial charge in [-0.25, -0.2) is 18.6 Å². The standard InChI is InChI=1S/C24H23F2N3O4/c1-5-33-23(31)16-11-29(22(30)13-6-7-17(25)18(26)8-13)12-24(2,3)19-15-9-14(32-4)10-27-21(15)28-20(16)19/h6-11H,5,12H2,1-4H3,(H,27,28). The normalized spacial score (nSPS) is 15.0. The zero-order chi connectivity index (χ0) is 23.9. The lowest BCUT2D eigenvalue weighted by Gasteiger charge is -2.29. The van der Waals surface area contributed by atoms with Crippen molar-refractivity contribution in [3.8, 4) is 5.75 Å². The van der Waals surface area contributed by atoms with Crippen LogP contribution in [0, 0.1) is 11.6 Å². The fourth-order valence-electron chi connectivity index (χ4n) is 4.13. The first-order valence-electron chi connectivity index (χ1n) is 10.4. The molecule has 4 rings (SSSR count). The fourth-order valence-corrected chi connectivity index (χ4v) is 4.13. The number of H-pyrrole nitrogens is 1. The van der Waals surface area contributed by atoms with E-state index < -0.39 is 28.9 Å². The van der Waals surface area contributed by atoms with Crippen LogP contribution in [0.1, 0.15) is 42.4 Å². The van der Waals surface area contributed by atoms with Gasteiger partial charge in [-0.3, -0.25) is 4.79 Å². The summed E-state index contributed by atoms with van der Waals surface area (Å²) in [5, 5.41) is 0.742. The summed E-state index contributed by atoms with van der Waals surface area (Å²) in [7, 11) is 1.53. The predicted octanol–water partition coefficient (Wildman–Crippen LogP) is 4.19. The Kier molecular flexibility index (Phi) is 5.65. The smallest absolute Gasteiger partial charge is 0.341 e. The number of esters is 1. The van der Waals surface area contributed by atoms with E-state index in [-0.39, 0.29) is 24.3 Å². The molecular weight excluding hydrogens is 432 g/mol. The first-order chi connectivity index (χ1) is 15.7. The number of ether oxygens (including phenoxy) is 2. The molecule has 0 radical (unpaired) electrons. The van der Waals surface area contributed by atoms with E-state index in [2.05, 4.69) is 9.97 Å². The molecule has 3 aromatic rings. The Morgan fingerprint density at radius 3 is 2.64 bits per heavy atom. The van der Waals surface area contributed by atoms with E-state index in [1.54, 1.807) is 13.1 Å². The molecular formula is C24H23F2N3O4. The quantitative estimate of drug-likeness (QED) is 0.597. The van der Waals surface area contributed by atoms with E-state index in [0.717, 1.165) is 23.1 Å². The second kappa shape index (κ2) is 8.31. The zero-order valence-electron chi connectivity index (χ0n) is 18.7. The number of pyridine rings is 1. The average Bonchev–Trinajstić information content (AvgIpc) is 3.11. The summed E-state index contributed by atoms with van der Waals surface area (Å²) >= 11 is 0. The van der Waals surface area contributed by atoms with Crippen LogP contribution in [0.2, 0.25) is 0 Å². The predicted molar refractivity (Wildman–Crippen MR) is 118 cm³/mol. The van der Waals surface area contributed by atoms with E-state index in [4.69, 9.17) is 9.47 Å². The van der Waals surface area contributed by atoms with Gasteiger partial charge in [0.25, 0.3) is 5.91 Å². The number of methoxy groups -OCH3 is 1. The van der Waals surface area contributed by atoms with Crippen LogP contribution in [-0.2, 0) is 14.9 Å². The van der Waals surface area contributed by atoms with Crippen molar-refractivity contribution < 1.29 is 27.8 Å². The van der Waals surface area contributed by atoms with Crippen molar-refractivity contribution in [2.24, 2.45) is 0 Å². The highest BCUT2D eigenvalue weighted by molar-refractivity contribution is 6.18. The van der Waals surface area contributed by atoms with Crippen molar-refractivity contribution in [1.82, 2.24) is 14.9 Å². The van der Waals surface area contributed by atoms with Gasteiger partial charge in [0.1, 0.15) is 11.4 Å². The van der Waals surface area contributed by atoms with E-state index in [1.165, 1.54) is 24.3 Å². The molecule has 0 unspecified atom stereocenters. The summed E-state index contributed by atoms with van der Waals surface area (Å²) < 4.78 is 37.8. The molecule has 0 saturated carbocycles. The molecule has 1 aliphatic heterocycles. The maximum atomic E-state index is 13.8. The molecule has 0 spiro atoms. The number of carbonyl (C=O) groups is 2. The topological polar surface area (TPSA) is 84.5 Å². The molecule has 1 N–H and O–H groups in total. The van der Waals surface area contributed by atoms with E-state index in [1.807, 2.05) is 19.9 Å². The largest absolute Gasteiger partial charge is 0.495 e. The van der Waals surface area contributed by atoms with Crippen LogP contribution in [0.4, 0.5) is 8.78 Å². The van der Waals surface area contributed by atoms with Gasteiger partial charge in [-0.15, -0.1) is 0 Å². The van der Waals surface area contributed by atoms with Crippen LogP contribution in [-0.4, -0.2) is 47.0 Å². The summed E-state index contributed by atoms with van der Waals surface area (Å²) in [5.74, 6) is -2.83. The summed E-state index contributed by atoms with van der Waals surface area (Å²) in [5.41, 5.74) is 1.23. The van der Waals surface area contributed by atoms with Crippen molar-refractivity contribution in [3.05, 3.63) is 65.1 Å². The van der Waals surface area contributed by atoms with E-state index in [9.17, 15) is 18.4 Å². The third kappa shape index (κ3) is 3.94. The Bertz CT molecular complexity index is 1300. The second-order valence-corrected chi connectivity index (χ2v) is 8.36. The van der Waals surface area contributed by atoms with Gasteiger partial charge in [-0.2, -0.15) is 0 Å². The number of aromatic nitrogens is 2. The Hall–Kier alpha value is -3.75. The lowest BCUT2D eigenvalue weighted by atomic mass is 9.82. The van der Waals surface area contributed by atoms with Gasteiger partial charge in [0.05, 0.1) is 31.2 Å². The number of aromatic amines is 1. The SMILES string of the molecule is CCOC(=O)C1=CN(C(=O)c2ccc(F)c(F)c2)CC(C)(C)c2c1[nH]c1ncc(OC)cc21. The molecule has 1 aliphatic rings. The molecule has 3 heterocycles. The number of hydrogen-bond acceptors (Lipinski definition) is 5. The highest BCUT2D eigenvalue weighted by atomic mass is 19.2. The maximum Gasteiger partial charge on any atom is 0.341 e. The van der Waals surface area contributed by atoms with Gasteiger partial charge in [0.2, 0.25) is 0 Å². The summed E-state index contributed by atoms with van der Waals surface area (Å²) in [6.07, 6.45) is 2.96. The maximum absolute atomic E-state index is 13.8. The monoisotopic (exact) mass is 455 g/mol. The van der Waals surface area contributed by atoms with Gasteiger partial charge >= 0.3 is 5.97 Å². The molecule has 172 valence electrons. The number of hydrogen-bond donors (Lipinski definition) is 1. The third-order valence-corrected chi connectivity index (χ3v) is 5.58. The third-order valence-electron chi connectivity index (χ3n) is 5.58. The first kappa shape index (κ1) is 22.4. The van der Waals surface area contributed by atoms with Gasteiger partial charge in [-0.05, 0) is 36.8 Å². The Morgan fingerprint density at radius 2 is 1.97 bits per heavy atom. The Balaban J connectivity index is 1.90. The number of amides is 1. The Labute approximate surface area is 189 Å². The number of nitrogens with one attached hydrogen (secondary N) is 1. The van der Waals surface area contributed by atoms with E-state index >= 15 is 0 Å². The highest BCUT2D eigenvalue weighted by Gasteiger charge is 2.38. The van der Waals surface area contributed by atoms with Crippen LogP contribution >= 0.6 is 0 Å². The van der Waals surface area contributed by atoms with Crippen molar-refractivity contribution in [2.45, 2.75) is 26.2 Å². The molecule has 2 aromatic heterocycles. The number of halogens is 2. The minimum Gasteiger partial charge on any atom is -0.495 e. The fraction of sp³-hybridized carbons (Fsp3) is 0.292. The molecule has 7 nitrogen and oxygen atoms in total. The van der Waals surface area contributed by atoms with Gasteiger partial charge < -0.3 is 19.4 Å². The molecule has 0 fully saturated rings. The lowest BCUT2D eigenvalue weighted by molar-refractivity contribution is -0.136. The summed E-state index contributed by atoms with van der Waals surface area (Å²) in [4.78, 5) is 35.1. The van der Waals surface area contributed by atoms with Gasteiger partial charge in [0, 0.05) is 29.1 Å². The molecule has 0 saturated heterocycles. The molecule has 0 aliphatic carbocycles. The zero-order valence-corrected chi connectivity index (χ0v) is 18.7. The van der Waals surface area contributed by atoms with Gasteiger partial charge in [-0.1, -0.05) is 13.8 Å². The van der Waals surface area contributed by atoms with Crippen molar-refractivity contribution in [3.63, 3.8) is 0 Å². The molecule has 33 heavy (non-hydrogen) atoms. The average molecular weight is 455 g/mol. The Morgan fingerprint density at radius 1 is 1.21 bits per heavy atom. The highest BCUT2D eigenvalue weighted by Crippen LogP contribution is 2.41. The van der Waals surface area contributed by atoms with Crippen LogP contribution < -0.4 is 4.74 Å². The number of fused-ring (bicyclic) bond motifs is 3. The summed E-state index contributed by atoms with van der Waals surface area (Å²) in [6, 6.07) is 4.77. The molecule has 0 bridgehead atoms. The molecule has 1 amide bonds. The number of carbonyl (C=O) groups excluding carboxylic acids is 2. The number of nitrogens with zero attached hydrogens (tertiary/aromatic N) is 2. The minimum atomic E-state index is -1.13. The molecule has 1 aromatic carbocycles. The van der Waals surface area contributed by atoms with E-state index in [0.29, 0.717) is 17.1 Å². The number of rotatable bonds is 4. The van der Waals surface area contributed by atoms with Crippen molar-refractivity contribution in [1.29, 1.82) is 0 Å². The lowest BCUT2D eigenvalue weighted by Crippen LogP contribution is -2.37. The number of benzene rings is 1. The first-order valence-corrected chi connectivity index (χ1v) is 10.4. The van der Waals surface area contributed by atoms with Gasteiger partial charge in [0.15, 0.2) is 11.6 Å². The molecule has 0 atom stereocenters. The van der Waals surface area contributed by atoms with Crippen LogP contribution in [0.15, 0.2) is 36.7 Å². The van der Waals surface area contributed by atoms with Crippen molar-refractivity contribution >= 4 is 28.5 Å². The van der Waals surface area contributed by atoms with Crippen LogP contribution in [0.5, 0.6) is 5.75 Å². The van der Waals surface area contributed by atoms with Crippen LogP contribution in [0.3, 0.4) is 0 Å². The summed E-state index contributed by atoms with van der Waals surface area (Å²) in [6.45, 7) is 5.82.